The topological polar surface area (TPSA) is 37.4 Å². The molecule has 5 heteroatoms. The van der Waals surface area contributed by atoms with E-state index < -0.39 is 0 Å². The Balaban J connectivity index is 1.77. The summed E-state index contributed by atoms with van der Waals surface area (Å²) in [5, 5.41) is 0. The summed E-state index contributed by atoms with van der Waals surface area (Å²) in [5.41, 5.74) is 0.761. The average molecular weight is 354 g/mol. The number of imide groups is 1. The predicted molar refractivity (Wildman–Crippen MR) is 79.7 cm³/mol. The first-order valence-electron chi connectivity index (χ1n) is 7.30. The van der Waals surface area contributed by atoms with E-state index in [-0.39, 0.29) is 36.0 Å². The number of hydrogen-bond acceptors (Lipinski definition) is 2. The fourth-order valence-corrected chi connectivity index (χ4v) is 3.93. The summed E-state index contributed by atoms with van der Waals surface area (Å²) in [6.07, 6.45) is 2.68. The molecule has 2 aliphatic rings. The minimum Gasteiger partial charge on any atom is -0.278 e. The minimum absolute atomic E-state index is 0.0543. The van der Waals surface area contributed by atoms with Gasteiger partial charge in [0.05, 0.1) is 22.9 Å². The summed E-state index contributed by atoms with van der Waals surface area (Å²) in [4.78, 5) is 26.2. The zero-order valence-electron chi connectivity index (χ0n) is 11.8. The molecule has 0 radical (unpaired) electrons. The largest absolute Gasteiger partial charge is 0.278 e. The highest BCUT2D eigenvalue weighted by Crippen LogP contribution is 2.44. The third-order valence-corrected chi connectivity index (χ3v) is 5.34. The van der Waals surface area contributed by atoms with Gasteiger partial charge in [0, 0.05) is 0 Å². The lowest BCUT2D eigenvalue weighted by molar-refractivity contribution is -0.141. The van der Waals surface area contributed by atoms with Crippen LogP contribution in [0.3, 0.4) is 0 Å². The molecule has 1 aromatic rings. The summed E-state index contributed by atoms with van der Waals surface area (Å²) < 4.78 is 13.6. The maximum absolute atomic E-state index is 13.2. The van der Waals surface area contributed by atoms with Gasteiger partial charge in [0.25, 0.3) is 0 Å². The van der Waals surface area contributed by atoms with Gasteiger partial charge in [-0.25, -0.2) is 4.39 Å². The highest BCUT2D eigenvalue weighted by Gasteiger charge is 2.51. The third-order valence-electron chi connectivity index (χ3n) is 4.73. The molecule has 0 N–H and O–H groups in total. The first-order valence-corrected chi connectivity index (χ1v) is 8.09. The van der Waals surface area contributed by atoms with Gasteiger partial charge in [-0.1, -0.05) is 19.4 Å². The molecule has 1 aromatic carbocycles. The lowest BCUT2D eigenvalue weighted by atomic mass is 10.00. The quantitative estimate of drug-likeness (QED) is 0.779. The van der Waals surface area contributed by atoms with Crippen molar-refractivity contribution < 1.29 is 14.0 Å². The summed E-state index contributed by atoms with van der Waals surface area (Å²) in [5.74, 6) is -0.226. The molecule has 0 spiro atoms. The van der Waals surface area contributed by atoms with Crippen LogP contribution in [-0.4, -0.2) is 16.7 Å². The summed E-state index contributed by atoms with van der Waals surface area (Å²) >= 11 is 3.13. The number of hydrogen-bond donors (Lipinski definition) is 0. The number of carbonyl (C=O) groups is 2. The standard InChI is InChI=1S/C16H17BrFNO2/c1-2-9-5-11-12(6-9)16(21)19(15(11)20)8-10-3-4-14(18)13(17)7-10/h3-4,7,9,11-12H,2,5-6,8H2,1H3. The molecule has 3 rings (SSSR count). The Labute approximate surface area is 131 Å². The second-order valence-electron chi connectivity index (χ2n) is 5.97. The van der Waals surface area contributed by atoms with E-state index in [4.69, 9.17) is 0 Å². The van der Waals surface area contributed by atoms with Crippen LogP contribution < -0.4 is 0 Å². The van der Waals surface area contributed by atoms with Gasteiger partial charge in [0.15, 0.2) is 0 Å². The second kappa shape index (κ2) is 5.52. The van der Waals surface area contributed by atoms with E-state index in [1.165, 1.54) is 11.0 Å². The highest BCUT2D eigenvalue weighted by atomic mass is 79.9. The summed E-state index contributed by atoms with van der Waals surface area (Å²) in [6.45, 7) is 2.34. The molecule has 1 aliphatic carbocycles. The van der Waals surface area contributed by atoms with Gasteiger partial charge in [-0.15, -0.1) is 0 Å². The molecule has 2 atom stereocenters. The van der Waals surface area contributed by atoms with Crippen molar-refractivity contribution >= 4 is 27.7 Å². The van der Waals surface area contributed by atoms with Crippen molar-refractivity contribution in [2.45, 2.75) is 32.7 Å². The minimum atomic E-state index is -0.347. The number of nitrogens with zero attached hydrogens (tertiary/aromatic N) is 1. The zero-order chi connectivity index (χ0) is 15.1. The molecule has 0 bridgehead atoms. The Bertz CT molecular complexity index is 580. The lowest BCUT2D eigenvalue weighted by Gasteiger charge is -2.17. The number of amides is 2. The number of carbonyl (C=O) groups excluding carboxylic acids is 2. The average Bonchev–Trinajstić information content (AvgIpc) is 2.98. The van der Waals surface area contributed by atoms with Gasteiger partial charge in [0.2, 0.25) is 11.8 Å². The molecule has 1 saturated heterocycles. The van der Waals surface area contributed by atoms with Crippen LogP contribution in [0, 0.1) is 23.6 Å². The van der Waals surface area contributed by atoms with Gasteiger partial charge >= 0.3 is 0 Å². The van der Waals surface area contributed by atoms with Crippen LogP contribution in [0.25, 0.3) is 0 Å². The molecular formula is C16H17BrFNO2. The molecule has 1 heterocycles. The van der Waals surface area contributed by atoms with E-state index in [1.54, 1.807) is 12.1 Å². The Morgan fingerprint density at radius 1 is 1.24 bits per heavy atom. The molecule has 21 heavy (non-hydrogen) atoms. The molecule has 2 amide bonds. The van der Waals surface area contributed by atoms with Crippen LogP contribution in [0.1, 0.15) is 31.7 Å². The molecular weight excluding hydrogens is 337 g/mol. The fourth-order valence-electron chi connectivity index (χ4n) is 3.51. The first kappa shape index (κ1) is 14.7. The number of likely N-dealkylation sites (tertiary alicyclic amines) is 1. The third kappa shape index (κ3) is 2.52. The van der Waals surface area contributed by atoms with Gasteiger partial charge in [-0.05, 0) is 52.4 Å². The van der Waals surface area contributed by atoms with E-state index in [0.29, 0.717) is 10.4 Å². The number of fused-ring (bicyclic) bond motifs is 1. The Morgan fingerprint density at radius 3 is 2.38 bits per heavy atom. The maximum atomic E-state index is 13.2. The fraction of sp³-hybridized carbons (Fsp3) is 0.500. The van der Waals surface area contributed by atoms with Gasteiger partial charge in [-0.3, -0.25) is 14.5 Å². The number of rotatable bonds is 3. The van der Waals surface area contributed by atoms with Gasteiger partial charge in [0.1, 0.15) is 5.82 Å². The molecule has 1 saturated carbocycles. The van der Waals surface area contributed by atoms with Crippen LogP contribution in [0.2, 0.25) is 0 Å². The van der Waals surface area contributed by atoms with Crippen molar-refractivity contribution in [3.8, 4) is 0 Å². The van der Waals surface area contributed by atoms with Crippen LogP contribution in [-0.2, 0) is 16.1 Å². The SMILES string of the molecule is CCC1CC2C(=O)N(Cc3ccc(F)c(Br)c3)C(=O)C2C1. The van der Waals surface area contributed by atoms with Crippen molar-refractivity contribution in [2.75, 3.05) is 0 Å². The van der Waals surface area contributed by atoms with E-state index in [9.17, 15) is 14.0 Å². The highest BCUT2D eigenvalue weighted by molar-refractivity contribution is 9.10. The summed E-state index contributed by atoms with van der Waals surface area (Å²) in [6, 6.07) is 4.58. The maximum Gasteiger partial charge on any atom is 0.233 e. The van der Waals surface area contributed by atoms with Crippen molar-refractivity contribution in [3.05, 3.63) is 34.1 Å². The monoisotopic (exact) mass is 353 g/mol. The second-order valence-corrected chi connectivity index (χ2v) is 6.82. The number of benzene rings is 1. The van der Waals surface area contributed by atoms with Crippen LogP contribution in [0.5, 0.6) is 0 Å². The van der Waals surface area contributed by atoms with Crippen molar-refractivity contribution in [2.24, 2.45) is 17.8 Å². The molecule has 3 nitrogen and oxygen atoms in total. The molecule has 2 fully saturated rings. The Morgan fingerprint density at radius 2 is 1.86 bits per heavy atom. The van der Waals surface area contributed by atoms with E-state index in [1.807, 2.05) is 0 Å². The van der Waals surface area contributed by atoms with Crippen molar-refractivity contribution in [1.29, 1.82) is 0 Å². The number of halogens is 2. The van der Waals surface area contributed by atoms with Crippen LogP contribution >= 0.6 is 15.9 Å². The summed E-state index contributed by atoms with van der Waals surface area (Å²) in [7, 11) is 0. The molecule has 2 unspecified atom stereocenters. The Kier molecular flexibility index (Phi) is 3.86. The van der Waals surface area contributed by atoms with Gasteiger partial charge < -0.3 is 0 Å². The smallest absolute Gasteiger partial charge is 0.233 e. The molecule has 112 valence electrons. The van der Waals surface area contributed by atoms with Crippen LogP contribution in [0.15, 0.2) is 22.7 Å². The predicted octanol–water partition coefficient (Wildman–Crippen LogP) is 3.51. The van der Waals surface area contributed by atoms with E-state index in [2.05, 4.69) is 22.9 Å². The normalized spacial score (nSPS) is 28.3. The Hall–Kier alpha value is -1.23. The van der Waals surface area contributed by atoms with Crippen LogP contribution in [0.4, 0.5) is 4.39 Å². The first-order chi connectivity index (χ1) is 10.0. The van der Waals surface area contributed by atoms with E-state index in [0.717, 1.165) is 24.8 Å². The van der Waals surface area contributed by atoms with Gasteiger partial charge in [-0.2, -0.15) is 0 Å². The molecule has 0 aromatic heterocycles. The zero-order valence-corrected chi connectivity index (χ0v) is 13.4. The van der Waals surface area contributed by atoms with Crippen molar-refractivity contribution in [1.82, 2.24) is 4.90 Å². The van der Waals surface area contributed by atoms with Crippen molar-refractivity contribution in [3.63, 3.8) is 0 Å². The molecule has 1 aliphatic heterocycles. The lowest BCUT2D eigenvalue weighted by Crippen LogP contribution is -2.31. The van der Waals surface area contributed by atoms with E-state index >= 15 is 0 Å².